The minimum atomic E-state index is -3.61. The molecule has 1 heterocycles. The lowest BCUT2D eigenvalue weighted by atomic mass is 10.1. The van der Waals surface area contributed by atoms with E-state index in [2.05, 4.69) is 4.72 Å². The highest BCUT2D eigenvalue weighted by molar-refractivity contribution is 7.92. The van der Waals surface area contributed by atoms with Crippen molar-refractivity contribution in [3.8, 4) is 11.1 Å². The smallest absolute Gasteiger partial charge is 0.235 e. The van der Waals surface area contributed by atoms with Gasteiger partial charge in [-0.1, -0.05) is 42.5 Å². The van der Waals surface area contributed by atoms with E-state index in [9.17, 15) is 13.5 Å². The van der Waals surface area contributed by atoms with E-state index in [0.717, 1.165) is 11.1 Å². The Bertz CT molecular complexity index is 737. The molecule has 6 heteroatoms. The minimum absolute atomic E-state index is 0.0564. The van der Waals surface area contributed by atoms with Crippen LogP contribution in [0.4, 0.5) is 5.69 Å². The lowest BCUT2D eigenvalue weighted by Crippen LogP contribution is -2.55. The van der Waals surface area contributed by atoms with E-state index in [-0.39, 0.29) is 19.0 Å². The Morgan fingerprint density at radius 2 is 1.59 bits per heavy atom. The minimum Gasteiger partial charge on any atom is -0.384 e. The van der Waals surface area contributed by atoms with Gasteiger partial charge in [0.2, 0.25) is 10.0 Å². The highest BCUT2D eigenvalue weighted by Gasteiger charge is 2.40. The van der Waals surface area contributed by atoms with Crippen molar-refractivity contribution in [2.75, 3.05) is 23.7 Å². The fraction of sp³-hybridized carbons (Fsp3) is 0.250. The summed E-state index contributed by atoms with van der Waals surface area (Å²) in [5.74, 6) is -0.361. The van der Waals surface area contributed by atoms with Crippen LogP contribution in [-0.2, 0) is 14.8 Å². The monoisotopic (exact) mass is 319 g/mol. The van der Waals surface area contributed by atoms with E-state index in [1.165, 1.54) is 0 Å². The van der Waals surface area contributed by atoms with Gasteiger partial charge in [-0.2, -0.15) is 0 Å². The van der Waals surface area contributed by atoms with Crippen LogP contribution in [0.1, 0.15) is 0 Å². The summed E-state index contributed by atoms with van der Waals surface area (Å²) in [6.07, 6.45) is 0. The molecular formula is C16H17NO4S. The molecule has 0 aromatic heterocycles. The van der Waals surface area contributed by atoms with Crippen molar-refractivity contribution in [3.05, 3.63) is 54.6 Å². The third-order valence-corrected chi connectivity index (χ3v) is 4.93. The van der Waals surface area contributed by atoms with Gasteiger partial charge in [0.1, 0.15) is 11.4 Å². The Labute approximate surface area is 129 Å². The fourth-order valence-corrected chi connectivity index (χ4v) is 3.79. The molecule has 1 aliphatic heterocycles. The summed E-state index contributed by atoms with van der Waals surface area (Å²) >= 11 is 0. The Kier molecular flexibility index (Phi) is 3.90. The Morgan fingerprint density at radius 1 is 1.00 bits per heavy atom. The molecule has 1 saturated heterocycles. The first-order valence-electron chi connectivity index (χ1n) is 6.92. The first-order chi connectivity index (χ1) is 10.5. The molecule has 0 unspecified atom stereocenters. The summed E-state index contributed by atoms with van der Waals surface area (Å²) in [6, 6.07) is 17.0. The molecule has 3 rings (SSSR count). The zero-order chi connectivity index (χ0) is 15.6. The van der Waals surface area contributed by atoms with Crippen molar-refractivity contribution in [3.63, 3.8) is 0 Å². The van der Waals surface area contributed by atoms with Crippen LogP contribution in [-0.4, -0.2) is 38.1 Å². The predicted octanol–water partition coefficient (Wildman–Crippen LogP) is 1.86. The van der Waals surface area contributed by atoms with Gasteiger partial charge in [-0.3, -0.25) is 4.72 Å². The molecule has 22 heavy (non-hydrogen) atoms. The van der Waals surface area contributed by atoms with Gasteiger partial charge in [-0.25, -0.2) is 8.42 Å². The number of hydrogen-bond acceptors (Lipinski definition) is 4. The van der Waals surface area contributed by atoms with Gasteiger partial charge in [0, 0.05) is 5.69 Å². The third kappa shape index (κ3) is 3.47. The number of ether oxygens (including phenoxy) is 1. The zero-order valence-corrected chi connectivity index (χ0v) is 12.7. The molecule has 5 nitrogen and oxygen atoms in total. The molecule has 116 valence electrons. The van der Waals surface area contributed by atoms with E-state index >= 15 is 0 Å². The molecule has 0 radical (unpaired) electrons. The summed E-state index contributed by atoms with van der Waals surface area (Å²) in [6.45, 7) is 0.113. The van der Waals surface area contributed by atoms with E-state index in [1.54, 1.807) is 12.1 Å². The number of rotatable bonds is 5. The summed E-state index contributed by atoms with van der Waals surface area (Å²) in [7, 11) is -3.61. The molecule has 0 spiro atoms. The van der Waals surface area contributed by atoms with Crippen molar-refractivity contribution in [1.82, 2.24) is 0 Å². The van der Waals surface area contributed by atoms with Gasteiger partial charge in [0.15, 0.2) is 0 Å². The summed E-state index contributed by atoms with van der Waals surface area (Å²) in [5.41, 5.74) is 1.28. The Balaban J connectivity index is 1.71. The molecule has 1 aliphatic rings. The van der Waals surface area contributed by atoms with Crippen molar-refractivity contribution < 1.29 is 18.3 Å². The average Bonchev–Trinajstić information content (AvgIpc) is 2.46. The predicted molar refractivity (Wildman–Crippen MR) is 85.1 cm³/mol. The Morgan fingerprint density at radius 3 is 2.14 bits per heavy atom. The van der Waals surface area contributed by atoms with E-state index < -0.39 is 15.6 Å². The number of sulfonamides is 1. The summed E-state index contributed by atoms with van der Waals surface area (Å²) in [5, 5.41) is 9.87. The Hall–Kier alpha value is -1.89. The molecule has 2 aromatic carbocycles. The van der Waals surface area contributed by atoms with Gasteiger partial charge in [0.05, 0.1) is 13.2 Å². The zero-order valence-electron chi connectivity index (χ0n) is 11.9. The highest BCUT2D eigenvalue weighted by atomic mass is 32.2. The van der Waals surface area contributed by atoms with Crippen molar-refractivity contribution in [1.29, 1.82) is 0 Å². The lowest BCUT2D eigenvalue weighted by molar-refractivity contribution is -0.163. The molecule has 0 saturated carbocycles. The second kappa shape index (κ2) is 5.72. The highest BCUT2D eigenvalue weighted by Crippen LogP contribution is 2.23. The van der Waals surface area contributed by atoms with E-state index in [1.807, 2.05) is 42.5 Å². The number of hydrogen-bond donors (Lipinski definition) is 2. The fourth-order valence-electron chi connectivity index (χ4n) is 2.35. The first kappa shape index (κ1) is 15.0. The number of benzene rings is 2. The number of aliphatic hydroxyl groups is 1. The SMILES string of the molecule is O=S(=O)(CC1(O)COC1)Nc1ccc(-c2ccccc2)cc1. The van der Waals surface area contributed by atoms with Crippen LogP contribution < -0.4 is 4.72 Å². The molecule has 0 atom stereocenters. The molecule has 0 aliphatic carbocycles. The van der Waals surface area contributed by atoms with E-state index in [4.69, 9.17) is 4.74 Å². The maximum absolute atomic E-state index is 12.0. The summed E-state index contributed by atoms with van der Waals surface area (Å²) in [4.78, 5) is 0. The molecular weight excluding hydrogens is 302 g/mol. The van der Waals surface area contributed by atoms with Crippen LogP contribution in [0, 0.1) is 0 Å². The lowest BCUT2D eigenvalue weighted by Gasteiger charge is -2.35. The third-order valence-electron chi connectivity index (χ3n) is 3.47. The van der Waals surface area contributed by atoms with Crippen LogP contribution >= 0.6 is 0 Å². The van der Waals surface area contributed by atoms with Crippen LogP contribution in [0.3, 0.4) is 0 Å². The van der Waals surface area contributed by atoms with Gasteiger partial charge >= 0.3 is 0 Å². The maximum Gasteiger partial charge on any atom is 0.235 e. The molecule has 0 amide bonds. The summed E-state index contributed by atoms with van der Waals surface area (Å²) < 4.78 is 31.4. The van der Waals surface area contributed by atoms with Crippen molar-refractivity contribution in [2.24, 2.45) is 0 Å². The molecule has 0 bridgehead atoms. The number of anilines is 1. The maximum atomic E-state index is 12.0. The largest absolute Gasteiger partial charge is 0.384 e. The van der Waals surface area contributed by atoms with Gasteiger partial charge in [0.25, 0.3) is 0 Å². The topological polar surface area (TPSA) is 75.6 Å². The normalized spacial score (nSPS) is 16.8. The second-order valence-electron chi connectivity index (χ2n) is 5.52. The van der Waals surface area contributed by atoms with E-state index in [0.29, 0.717) is 5.69 Å². The van der Waals surface area contributed by atoms with Crippen LogP contribution in [0.15, 0.2) is 54.6 Å². The van der Waals surface area contributed by atoms with Crippen LogP contribution in [0.2, 0.25) is 0 Å². The van der Waals surface area contributed by atoms with Gasteiger partial charge in [-0.15, -0.1) is 0 Å². The van der Waals surface area contributed by atoms with Crippen LogP contribution in [0.25, 0.3) is 11.1 Å². The number of nitrogens with one attached hydrogen (secondary N) is 1. The molecule has 2 aromatic rings. The second-order valence-corrected chi connectivity index (χ2v) is 7.24. The first-order valence-corrected chi connectivity index (χ1v) is 8.57. The average molecular weight is 319 g/mol. The molecule has 2 N–H and O–H groups in total. The standard InChI is InChI=1S/C16H17NO4S/c18-16(10-21-11-16)12-22(19,20)17-15-8-6-14(7-9-15)13-4-2-1-3-5-13/h1-9,17-18H,10-12H2. The quantitative estimate of drug-likeness (QED) is 0.882. The van der Waals surface area contributed by atoms with Crippen LogP contribution in [0.5, 0.6) is 0 Å². The van der Waals surface area contributed by atoms with Gasteiger partial charge < -0.3 is 9.84 Å². The molecule has 1 fully saturated rings. The van der Waals surface area contributed by atoms with Crippen molar-refractivity contribution in [2.45, 2.75) is 5.60 Å². The van der Waals surface area contributed by atoms with Crippen molar-refractivity contribution >= 4 is 15.7 Å². The van der Waals surface area contributed by atoms with Gasteiger partial charge in [-0.05, 0) is 23.3 Å².